The fraction of sp³-hybridized carbons (Fsp3) is 0.667. The van der Waals surface area contributed by atoms with Gasteiger partial charge in [-0.2, -0.15) is 5.48 Å². The molecule has 0 bridgehead atoms. The average Bonchev–Trinajstić information content (AvgIpc) is 1.66. The van der Waals surface area contributed by atoms with Crippen molar-refractivity contribution in [3.05, 3.63) is 0 Å². The van der Waals surface area contributed by atoms with Crippen molar-refractivity contribution in [3.8, 4) is 0 Å². The third-order valence-corrected chi connectivity index (χ3v) is 0.353. The Kier molecular flexibility index (Phi) is 9.39. The highest BCUT2D eigenvalue weighted by Crippen LogP contribution is 1.64. The van der Waals surface area contributed by atoms with Crippen LogP contribution in [0.25, 0.3) is 0 Å². The molecule has 6 heteroatoms. The number of aliphatic hydroxyl groups excluding tert-OH is 1. The van der Waals surface area contributed by atoms with E-state index in [2.05, 4.69) is 4.84 Å². The number of rotatable bonds is 3. The maximum atomic E-state index is 9.56. The molecule has 0 aliphatic heterocycles. The molecule has 0 unspecified atom stereocenters. The van der Waals surface area contributed by atoms with Crippen LogP contribution >= 0.6 is 12.4 Å². The third-order valence-electron chi connectivity index (χ3n) is 0.353. The Hall–Kier alpha value is -0.520. The second kappa shape index (κ2) is 7.48. The van der Waals surface area contributed by atoms with Crippen LogP contribution in [0.2, 0.25) is 0 Å². The van der Waals surface area contributed by atoms with Crippen LogP contribution in [0.4, 0.5) is 4.79 Å². The molecule has 0 saturated heterocycles. The highest BCUT2D eigenvalue weighted by molar-refractivity contribution is 5.85. The molecule has 1 amide bonds. The van der Waals surface area contributed by atoms with E-state index in [4.69, 9.17) is 10.2 Å². The molecule has 0 heterocycles. The molecule has 9 heavy (non-hydrogen) atoms. The summed E-state index contributed by atoms with van der Waals surface area (Å²) in [7, 11) is 0. The molecule has 0 atom stereocenters. The second-order valence-corrected chi connectivity index (χ2v) is 0.979. The number of amides is 1. The lowest BCUT2D eigenvalue weighted by molar-refractivity contribution is 0.0222. The summed E-state index contributed by atoms with van der Waals surface area (Å²) in [5, 5.41) is 15.8. The number of carboxylic acid groups (broad SMARTS) is 1. The predicted octanol–water partition coefficient (Wildman–Crippen LogP) is -0.400. The van der Waals surface area contributed by atoms with E-state index >= 15 is 0 Å². The van der Waals surface area contributed by atoms with Crippen LogP contribution in [0.1, 0.15) is 0 Å². The maximum Gasteiger partial charge on any atom is 0.428 e. The molecular formula is C3H8ClNO4. The SMILES string of the molecule is Cl.O=C(O)NOCCO. The van der Waals surface area contributed by atoms with Gasteiger partial charge in [0.05, 0.1) is 13.2 Å². The largest absolute Gasteiger partial charge is 0.464 e. The van der Waals surface area contributed by atoms with Gasteiger partial charge in [-0.25, -0.2) is 4.79 Å². The minimum absolute atomic E-state index is 0. The first kappa shape index (κ1) is 11.3. The van der Waals surface area contributed by atoms with Gasteiger partial charge in [0.1, 0.15) is 0 Å². The molecule has 0 radical (unpaired) electrons. The first-order valence-corrected chi connectivity index (χ1v) is 1.99. The lowest BCUT2D eigenvalue weighted by Crippen LogP contribution is -2.22. The summed E-state index contributed by atoms with van der Waals surface area (Å²) < 4.78 is 0. The van der Waals surface area contributed by atoms with Crippen molar-refractivity contribution >= 4 is 18.5 Å². The molecule has 0 aromatic rings. The lowest BCUT2D eigenvalue weighted by atomic mass is 10.8. The molecule has 56 valence electrons. The summed E-state index contributed by atoms with van der Waals surface area (Å²) in [6, 6.07) is 0. The normalized spacial score (nSPS) is 7.67. The molecule has 0 aliphatic rings. The van der Waals surface area contributed by atoms with Crippen molar-refractivity contribution < 1.29 is 19.8 Å². The lowest BCUT2D eigenvalue weighted by Gasteiger charge is -1.96. The van der Waals surface area contributed by atoms with Crippen molar-refractivity contribution in [2.24, 2.45) is 0 Å². The summed E-state index contributed by atoms with van der Waals surface area (Å²) in [5.74, 6) is 0. The van der Waals surface area contributed by atoms with E-state index in [1.54, 1.807) is 5.48 Å². The van der Waals surface area contributed by atoms with Gasteiger partial charge in [-0.15, -0.1) is 12.4 Å². The van der Waals surface area contributed by atoms with E-state index in [-0.39, 0.29) is 25.6 Å². The van der Waals surface area contributed by atoms with E-state index in [9.17, 15) is 4.79 Å². The fourth-order valence-electron chi connectivity index (χ4n) is 0.158. The molecule has 0 aliphatic carbocycles. The van der Waals surface area contributed by atoms with E-state index in [1.807, 2.05) is 0 Å². The summed E-state index contributed by atoms with van der Waals surface area (Å²) in [5.41, 5.74) is 1.60. The Morgan fingerprint density at radius 2 is 2.22 bits per heavy atom. The highest BCUT2D eigenvalue weighted by atomic mass is 35.5. The summed E-state index contributed by atoms with van der Waals surface area (Å²) in [6.45, 7) is -0.216. The van der Waals surface area contributed by atoms with Crippen LogP contribution in [0.5, 0.6) is 0 Å². The van der Waals surface area contributed by atoms with E-state index in [0.717, 1.165) is 0 Å². The monoisotopic (exact) mass is 157 g/mol. The van der Waals surface area contributed by atoms with Gasteiger partial charge in [0.15, 0.2) is 0 Å². The number of hydrogen-bond acceptors (Lipinski definition) is 3. The number of halogens is 1. The molecule has 0 saturated carbocycles. The van der Waals surface area contributed by atoms with Crippen molar-refractivity contribution in [2.75, 3.05) is 13.2 Å². The first-order chi connectivity index (χ1) is 3.77. The zero-order valence-electron chi connectivity index (χ0n) is 4.53. The van der Waals surface area contributed by atoms with Gasteiger partial charge in [-0.1, -0.05) is 0 Å². The Morgan fingerprint density at radius 1 is 1.67 bits per heavy atom. The maximum absolute atomic E-state index is 9.56. The van der Waals surface area contributed by atoms with E-state index < -0.39 is 6.09 Å². The molecule has 0 rings (SSSR count). The highest BCUT2D eigenvalue weighted by Gasteiger charge is 1.89. The van der Waals surface area contributed by atoms with Crippen LogP contribution in [0.3, 0.4) is 0 Å². The predicted molar refractivity (Wildman–Crippen MR) is 31.4 cm³/mol. The van der Waals surface area contributed by atoms with Crippen LogP contribution in [-0.2, 0) is 4.84 Å². The van der Waals surface area contributed by atoms with Crippen LogP contribution in [-0.4, -0.2) is 29.5 Å². The molecule has 0 spiro atoms. The Balaban J connectivity index is 0. The quantitative estimate of drug-likeness (QED) is 0.385. The molecule has 0 fully saturated rings. The smallest absolute Gasteiger partial charge is 0.428 e. The van der Waals surface area contributed by atoms with Gasteiger partial charge < -0.3 is 10.2 Å². The zero-order valence-corrected chi connectivity index (χ0v) is 5.35. The van der Waals surface area contributed by atoms with Gasteiger partial charge >= 0.3 is 6.09 Å². The summed E-state index contributed by atoms with van der Waals surface area (Å²) in [4.78, 5) is 13.7. The van der Waals surface area contributed by atoms with E-state index in [0.29, 0.717) is 0 Å². The van der Waals surface area contributed by atoms with Crippen LogP contribution in [0, 0.1) is 0 Å². The Morgan fingerprint density at radius 3 is 2.56 bits per heavy atom. The minimum atomic E-state index is -1.27. The minimum Gasteiger partial charge on any atom is -0.464 e. The standard InChI is InChI=1S/C3H7NO4.ClH/c5-1-2-8-4-3(6)7;/h4-5H,1-2H2,(H,6,7);1H. The van der Waals surface area contributed by atoms with Gasteiger partial charge in [0.25, 0.3) is 0 Å². The van der Waals surface area contributed by atoms with Crippen molar-refractivity contribution in [2.45, 2.75) is 0 Å². The van der Waals surface area contributed by atoms with Gasteiger partial charge in [0, 0.05) is 0 Å². The number of carbonyl (C=O) groups is 1. The molecule has 5 nitrogen and oxygen atoms in total. The summed E-state index contributed by atoms with van der Waals surface area (Å²) >= 11 is 0. The van der Waals surface area contributed by atoms with Gasteiger partial charge in [-0.3, -0.25) is 4.84 Å². The Labute approximate surface area is 58.0 Å². The van der Waals surface area contributed by atoms with Crippen molar-refractivity contribution in [3.63, 3.8) is 0 Å². The number of hydroxylamine groups is 1. The van der Waals surface area contributed by atoms with Crippen molar-refractivity contribution in [1.29, 1.82) is 0 Å². The zero-order chi connectivity index (χ0) is 6.41. The first-order valence-electron chi connectivity index (χ1n) is 1.99. The third kappa shape index (κ3) is 11.2. The van der Waals surface area contributed by atoms with Crippen LogP contribution < -0.4 is 5.48 Å². The molecule has 0 aromatic heterocycles. The molecular weight excluding hydrogens is 149 g/mol. The van der Waals surface area contributed by atoms with Gasteiger partial charge in [-0.05, 0) is 0 Å². The van der Waals surface area contributed by atoms with E-state index in [1.165, 1.54) is 0 Å². The molecule has 3 N–H and O–H groups in total. The number of hydrogen-bond donors (Lipinski definition) is 3. The average molecular weight is 158 g/mol. The van der Waals surface area contributed by atoms with Crippen LogP contribution in [0.15, 0.2) is 0 Å². The summed E-state index contributed by atoms with van der Waals surface area (Å²) in [6.07, 6.45) is -1.27. The van der Waals surface area contributed by atoms with Gasteiger partial charge in [0.2, 0.25) is 0 Å². The second-order valence-electron chi connectivity index (χ2n) is 0.979. The number of nitrogens with one attached hydrogen (secondary N) is 1. The van der Waals surface area contributed by atoms with Crippen molar-refractivity contribution in [1.82, 2.24) is 5.48 Å². The molecule has 0 aromatic carbocycles. The topological polar surface area (TPSA) is 78.8 Å². The fourth-order valence-corrected chi connectivity index (χ4v) is 0.158. The number of aliphatic hydroxyl groups is 1. The Bertz CT molecular complexity index is 78.2.